The van der Waals surface area contributed by atoms with E-state index in [1.807, 2.05) is 12.1 Å². The van der Waals surface area contributed by atoms with Crippen molar-refractivity contribution in [1.29, 1.82) is 0 Å². The number of fused-ring (bicyclic) bond motifs is 7. The first kappa shape index (κ1) is 33.1. The second-order valence-electron chi connectivity index (χ2n) is 15.5. The van der Waals surface area contributed by atoms with E-state index in [9.17, 15) is 0 Å². The standard InChI is InChI=1S/C54H37NO2/c1-54(2)45-22-12-11-20-44(45)51-46(54)30-31-50-53(51)57-52-40(21-13-23-49(52)56-50)36-24-26-37(27-25-36)47-32-38(34-14-5-3-6-15-34)33-48(55-47)43-29-28-39(35-16-7-4-8-17-35)41-18-9-10-19-42(41)43/h3-33H,1-2H3. The molecule has 1 aromatic heterocycles. The van der Waals surface area contributed by atoms with Crippen LogP contribution in [0.2, 0.25) is 0 Å². The number of benzene rings is 8. The summed E-state index contributed by atoms with van der Waals surface area (Å²) in [6.45, 7) is 4.57. The Morgan fingerprint density at radius 3 is 1.75 bits per heavy atom. The Kier molecular flexibility index (Phi) is 7.52. The van der Waals surface area contributed by atoms with Gasteiger partial charge in [0, 0.05) is 27.7 Å². The highest BCUT2D eigenvalue weighted by Gasteiger charge is 2.39. The van der Waals surface area contributed by atoms with E-state index in [4.69, 9.17) is 14.5 Å². The van der Waals surface area contributed by atoms with Gasteiger partial charge >= 0.3 is 0 Å². The molecular weight excluding hydrogens is 695 g/mol. The van der Waals surface area contributed by atoms with Crippen LogP contribution < -0.4 is 9.47 Å². The Bertz CT molecular complexity index is 3020. The lowest BCUT2D eigenvalue weighted by Gasteiger charge is -2.26. The van der Waals surface area contributed by atoms with Gasteiger partial charge in [0.2, 0.25) is 0 Å². The third-order valence-corrected chi connectivity index (χ3v) is 11.8. The molecule has 0 bridgehead atoms. The number of nitrogens with zero attached hydrogens (tertiary/aromatic N) is 1. The summed E-state index contributed by atoms with van der Waals surface area (Å²) in [5, 5.41) is 2.38. The molecule has 0 spiro atoms. The second-order valence-corrected chi connectivity index (χ2v) is 15.5. The van der Waals surface area contributed by atoms with Gasteiger partial charge in [-0.1, -0.05) is 178 Å². The summed E-state index contributed by atoms with van der Waals surface area (Å²) < 4.78 is 13.5. The van der Waals surface area contributed by atoms with Crippen LogP contribution in [0.4, 0.5) is 0 Å². The number of hydrogen-bond donors (Lipinski definition) is 0. The maximum atomic E-state index is 6.93. The zero-order valence-electron chi connectivity index (χ0n) is 31.7. The van der Waals surface area contributed by atoms with Crippen LogP contribution in [0, 0.1) is 0 Å². The zero-order chi connectivity index (χ0) is 38.1. The maximum Gasteiger partial charge on any atom is 0.178 e. The molecule has 9 aromatic rings. The molecule has 0 atom stereocenters. The molecule has 2 aliphatic rings. The summed E-state index contributed by atoms with van der Waals surface area (Å²) in [6, 6.07) is 66.4. The fraction of sp³-hybridized carbons (Fsp3) is 0.0556. The van der Waals surface area contributed by atoms with Crippen LogP contribution in [-0.4, -0.2) is 4.98 Å². The second kappa shape index (κ2) is 12.9. The number of pyridine rings is 1. The lowest BCUT2D eigenvalue weighted by Crippen LogP contribution is -2.15. The Morgan fingerprint density at radius 1 is 0.368 bits per heavy atom. The van der Waals surface area contributed by atoms with Gasteiger partial charge in [0.15, 0.2) is 23.0 Å². The smallest absolute Gasteiger partial charge is 0.178 e. The van der Waals surface area contributed by atoms with Crippen molar-refractivity contribution in [2.75, 3.05) is 0 Å². The lowest BCUT2D eigenvalue weighted by atomic mass is 9.82. The van der Waals surface area contributed by atoms with E-state index in [2.05, 4.69) is 190 Å². The summed E-state index contributed by atoms with van der Waals surface area (Å²) in [5.41, 5.74) is 15.4. The predicted octanol–water partition coefficient (Wildman–Crippen LogP) is 14.8. The third kappa shape index (κ3) is 5.38. The molecule has 57 heavy (non-hydrogen) atoms. The van der Waals surface area contributed by atoms with Gasteiger partial charge in [0.1, 0.15) is 0 Å². The van der Waals surface area contributed by atoms with E-state index in [1.165, 1.54) is 38.6 Å². The van der Waals surface area contributed by atoms with Gasteiger partial charge in [-0.2, -0.15) is 0 Å². The molecule has 0 unspecified atom stereocenters. The number of ether oxygens (including phenoxy) is 2. The third-order valence-electron chi connectivity index (χ3n) is 11.8. The first-order chi connectivity index (χ1) is 28.0. The molecule has 0 fully saturated rings. The molecule has 0 saturated heterocycles. The molecule has 11 rings (SSSR count). The molecular formula is C54H37NO2. The molecule has 0 N–H and O–H groups in total. The van der Waals surface area contributed by atoms with E-state index < -0.39 is 0 Å². The molecule has 270 valence electrons. The van der Waals surface area contributed by atoms with E-state index in [1.54, 1.807) is 0 Å². The van der Waals surface area contributed by atoms with Crippen LogP contribution in [0.3, 0.4) is 0 Å². The van der Waals surface area contributed by atoms with Crippen molar-refractivity contribution in [2.24, 2.45) is 0 Å². The van der Waals surface area contributed by atoms with Gasteiger partial charge in [0.05, 0.1) is 11.4 Å². The van der Waals surface area contributed by atoms with Gasteiger partial charge < -0.3 is 9.47 Å². The van der Waals surface area contributed by atoms with Gasteiger partial charge in [-0.05, 0) is 79.5 Å². The van der Waals surface area contributed by atoms with Crippen LogP contribution in [0.25, 0.3) is 77.8 Å². The van der Waals surface area contributed by atoms with E-state index in [-0.39, 0.29) is 5.41 Å². The summed E-state index contributed by atoms with van der Waals surface area (Å²) >= 11 is 0. The number of aromatic nitrogens is 1. The summed E-state index contributed by atoms with van der Waals surface area (Å²) in [6.07, 6.45) is 0. The van der Waals surface area contributed by atoms with E-state index >= 15 is 0 Å². The fourth-order valence-corrected chi connectivity index (χ4v) is 8.90. The topological polar surface area (TPSA) is 31.4 Å². The summed E-state index contributed by atoms with van der Waals surface area (Å²) in [5.74, 6) is 2.96. The Balaban J connectivity index is 0.996. The van der Waals surface area contributed by atoms with Gasteiger partial charge in [-0.15, -0.1) is 0 Å². The van der Waals surface area contributed by atoms with Crippen molar-refractivity contribution in [3.63, 3.8) is 0 Å². The Morgan fingerprint density at radius 2 is 0.965 bits per heavy atom. The number of hydrogen-bond acceptors (Lipinski definition) is 3. The van der Waals surface area contributed by atoms with Crippen molar-refractivity contribution in [3.05, 3.63) is 199 Å². The average molecular weight is 732 g/mol. The van der Waals surface area contributed by atoms with Crippen LogP contribution in [0.5, 0.6) is 23.0 Å². The monoisotopic (exact) mass is 731 g/mol. The predicted molar refractivity (Wildman–Crippen MR) is 233 cm³/mol. The van der Waals surface area contributed by atoms with Crippen LogP contribution >= 0.6 is 0 Å². The minimum atomic E-state index is -0.135. The zero-order valence-corrected chi connectivity index (χ0v) is 31.7. The SMILES string of the molecule is CC1(C)c2ccccc2-c2c1ccc1c2Oc2c(cccc2-c2ccc(-c3cc(-c4ccccc4)cc(-c4ccc(-c5ccccc5)c5ccccc45)n3)cc2)O1. The van der Waals surface area contributed by atoms with Crippen LogP contribution in [-0.2, 0) is 5.41 Å². The van der Waals surface area contributed by atoms with Crippen LogP contribution in [0.1, 0.15) is 25.0 Å². The Hall–Kier alpha value is -7.23. The molecule has 0 saturated carbocycles. The minimum Gasteiger partial charge on any atom is -0.449 e. The summed E-state index contributed by atoms with van der Waals surface area (Å²) in [7, 11) is 0. The lowest BCUT2D eigenvalue weighted by molar-refractivity contribution is 0.361. The molecule has 3 nitrogen and oxygen atoms in total. The molecule has 1 aliphatic carbocycles. The first-order valence-corrected chi connectivity index (χ1v) is 19.5. The van der Waals surface area contributed by atoms with E-state index in [0.29, 0.717) is 5.75 Å². The van der Waals surface area contributed by atoms with Gasteiger partial charge in [0.25, 0.3) is 0 Å². The largest absolute Gasteiger partial charge is 0.449 e. The number of rotatable bonds is 5. The molecule has 2 heterocycles. The van der Waals surface area contributed by atoms with Crippen molar-refractivity contribution in [2.45, 2.75) is 19.3 Å². The number of para-hydroxylation sites is 1. The molecule has 0 amide bonds. The van der Waals surface area contributed by atoms with Crippen molar-refractivity contribution in [3.8, 4) is 90.0 Å². The van der Waals surface area contributed by atoms with Crippen LogP contribution in [0.15, 0.2) is 188 Å². The quantitative estimate of drug-likeness (QED) is 0.177. The van der Waals surface area contributed by atoms with E-state index in [0.717, 1.165) is 67.6 Å². The van der Waals surface area contributed by atoms with Crippen molar-refractivity contribution in [1.82, 2.24) is 4.98 Å². The highest BCUT2D eigenvalue weighted by Crippen LogP contribution is 2.59. The molecule has 3 heteroatoms. The molecule has 8 aromatic carbocycles. The maximum absolute atomic E-state index is 6.93. The molecule has 0 radical (unpaired) electrons. The minimum absolute atomic E-state index is 0.135. The van der Waals surface area contributed by atoms with Crippen molar-refractivity contribution >= 4 is 10.8 Å². The summed E-state index contributed by atoms with van der Waals surface area (Å²) in [4.78, 5) is 5.37. The highest BCUT2D eigenvalue weighted by atomic mass is 16.6. The van der Waals surface area contributed by atoms with Gasteiger partial charge in [-0.25, -0.2) is 4.98 Å². The highest BCUT2D eigenvalue weighted by molar-refractivity contribution is 6.05. The average Bonchev–Trinajstić information content (AvgIpc) is 3.51. The normalized spacial score (nSPS) is 13.2. The van der Waals surface area contributed by atoms with Gasteiger partial charge in [-0.3, -0.25) is 0 Å². The Labute approximate surface area is 332 Å². The molecule has 1 aliphatic heterocycles. The fourth-order valence-electron chi connectivity index (χ4n) is 8.90. The first-order valence-electron chi connectivity index (χ1n) is 19.5. The van der Waals surface area contributed by atoms with Crippen molar-refractivity contribution < 1.29 is 9.47 Å².